The van der Waals surface area contributed by atoms with Crippen molar-refractivity contribution in [1.29, 1.82) is 0 Å². The van der Waals surface area contributed by atoms with Crippen LogP contribution < -0.4 is 5.32 Å². The Bertz CT molecular complexity index is 995. The fourth-order valence-electron chi connectivity index (χ4n) is 4.21. The van der Waals surface area contributed by atoms with Crippen LogP contribution in [-0.4, -0.2) is 39.9 Å². The molecule has 1 aliphatic heterocycles. The molecule has 2 aliphatic rings. The monoisotopic (exact) mass is 415 g/mol. The van der Waals surface area contributed by atoms with Gasteiger partial charge in [0.1, 0.15) is 23.8 Å². The Hall–Kier alpha value is -2.67. The molecule has 0 unspecified atom stereocenters. The average molecular weight is 416 g/mol. The van der Waals surface area contributed by atoms with Crippen LogP contribution in [0.2, 0.25) is 5.15 Å². The van der Waals surface area contributed by atoms with E-state index in [9.17, 15) is 14.4 Å². The van der Waals surface area contributed by atoms with Crippen LogP contribution >= 0.6 is 11.6 Å². The third-order valence-electron chi connectivity index (χ3n) is 5.93. The van der Waals surface area contributed by atoms with Crippen LogP contribution in [0.15, 0.2) is 30.3 Å². The number of pyridine rings is 1. The molecule has 1 spiro atoms. The maximum absolute atomic E-state index is 12.9. The van der Waals surface area contributed by atoms with Crippen molar-refractivity contribution in [1.82, 2.24) is 15.2 Å². The lowest BCUT2D eigenvalue weighted by atomic mass is 9.73. The van der Waals surface area contributed by atoms with Gasteiger partial charge in [0.15, 0.2) is 0 Å². The number of fused-ring (bicyclic) bond motifs is 1. The summed E-state index contributed by atoms with van der Waals surface area (Å²) >= 11 is 6.19. The van der Waals surface area contributed by atoms with Gasteiger partial charge in [-0.25, -0.2) is 9.78 Å². The van der Waals surface area contributed by atoms with Crippen molar-refractivity contribution in [3.05, 3.63) is 41.0 Å². The molecule has 1 saturated carbocycles. The smallest absolute Gasteiger partial charge is 0.326 e. The van der Waals surface area contributed by atoms with E-state index in [4.69, 9.17) is 16.3 Å². The minimum Gasteiger partial charge on any atom is -0.459 e. The Morgan fingerprint density at radius 3 is 2.93 bits per heavy atom. The largest absolute Gasteiger partial charge is 0.459 e. The van der Waals surface area contributed by atoms with E-state index in [0.29, 0.717) is 12.0 Å². The van der Waals surface area contributed by atoms with Crippen LogP contribution in [0.1, 0.15) is 38.2 Å². The number of nitrogens with zero attached hydrogens (tertiary/aromatic N) is 2. The zero-order valence-electron chi connectivity index (χ0n) is 16.1. The quantitative estimate of drug-likeness (QED) is 0.469. The number of carbonyl (C=O) groups excluding carboxylic acids is 3. The van der Waals surface area contributed by atoms with Crippen molar-refractivity contribution < 1.29 is 19.1 Å². The summed E-state index contributed by atoms with van der Waals surface area (Å²) in [7, 11) is 0. The van der Waals surface area contributed by atoms with Crippen LogP contribution in [0.4, 0.5) is 4.79 Å². The third-order valence-corrected chi connectivity index (χ3v) is 6.25. The van der Waals surface area contributed by atoms with Gasteiger partial charge >= 0.3 is 12.0 Å². The summed E-state index contributed by atoms with van der Waals surface area (Å²) in [6.07, 6.45) is 3.39. The molecule has 29 heavy (non-hydrogen) atoms. The number of benzene rings is 1. The topological polar surface area (TPSA) is 88.6 Å². The van der Waals surface area contributed by atoms with Gasteiger partial charge in [-0.2, -0.15) is 0 Å². The van der Waals surface area contributed by atoms with Gasteiger partial charge in [0.05, 0.1) is 5.52 Å². The van der Waals surface area contributed by atoms with Gasteiger partial charge in [-0.3, -0.25) is 14.5 Å². The van der Waals surface area contributed by atoms with E-state index in [1.54, 1.807) is 0 Å². The molecule has 2 fully saturated rings. The molecule has 2 atom stereocenters. The second-order valence-corrected chi connectivity index (χ2v) is 8.09. The van der Waals surface area contributed by atoms with E-state index in [-0.39, 0.29) is 23.6 Å². The fraction of sp³-hybridized carbons (Fsp3) is 0.429. The molecular weight excluding hydrogens is 394 g/mol. The molecule has 2 heterocycles. The molecule has 0 bridgehead atoms. The Balaban J connectivity index is 1.42. The number of aromatic nitrogens is 1. The number of imide groups is 1. The second-order valence-electron chi connectivity index (χ2n) is 7.73. The first kappa shape index (κ1) is 19.6. The highest BCUT2D eigenvalue weighted by Gasteiger charge is 2.55. The summed E-state index contributed by atoms with van der Waals surface area (Å²) in [4.78, 5) is 42.9. The van der Waals surface area contributed by atoms with Gasteiger partial charge in [-0.1, -0.05) is 49.6 Å². The molecule has 1 aliphatic carbocycles. The number of hydrogen-bond acceptors (Lipinski definition) is 5. The predicted octanol–water partition coefficient (Wildman–Crippen LogP) is 3.43. The summed E-state index contributed by atoms with van der Waals surface area (Å²) in [5.41, 5.74) is 0.424. The van der Waals surface area contributed by atoms with Crippen molar-refractivity contribution in [3.63, 3.8) is 0 Å². The number of halogens is 1. The molecule has 3 amide bonds. The molecule has 1 aromatic heterocycles. The zero-order chi connectivity index (χ0) is 20.6. The lowest BCUT2D eigenvalue weighted by molar-refractivity contribution is -0.149. The Morgan fingerprint density at radius 1 is 1.34 bits per heavy atom. The van der Waals surface area contributed by atoms with Crippen LogP contribution in [0.5, 0.6) is 0 Å². The van der Waals surface area contributed by atoms with Gasteiger partial charge in [0.25, 0.3) is 5.91 Å². The lowest BCUT2D eigenvalue weighted by Crippen LogP contribution is -2.54. The van der Waals surface area contributed by atoms with Crippen molar-refractivity contribution in [2.45, 2.75) is 44.8 Å². The Kier molecular flexibility index (Phi) is 5.17. The zero-order valence-corrected chi connectivity index (χ0v) is 16.9. The third kappa shape index (κ3) is 3.55. The summed E-state index contributed by atoms with van der Waals surface area (Å²) < 4.78 is 5.28. The molecule has 4 rings (SSSR count). The van der Waals surface area contributed by atoms with E-state index in [0.717, 1.165) is 35.1 Å². The Labute approximate surface area is 173 Å². The van der Waals surface area contributed by atoms with E-state index in [1.165, 1.54) is 0 Å². The number of carbonyl (C=O) groups is 3. The normalized spacial score (nSPS) is 24.2. The van der Waals surface area contributed by atoms with Crippen molar-refractivity contribution >= 4 is 40.4 Å². The summed E-state index contributed by atoms with van der Waals surface area (Å²) in [5, 5.41) is 3.96. The first-order valence-corrected chi connectivity index (χ1v) is 10.1. The Morgan fingerprint density at radius 2 is 2.14 bits per heavy atom. The number of amides is 3. The summed E-state index contributed by atoms with van der Waals surface area (Å²) in [6, 6.07) is 8.76. The predicted molar refractivity (Wildman–Crippen MR) is 107 cm³/mol. The van der Waals surface area contributed by atoms with Gasteiger partial charge in [-0.15, -0.1) is 0 Å². The molecule has 152 valence electrons. The number of esters is 1. The molecular formula is C21H22ClN3O4. The molecule has 2 aromatic rings. The van der Waals surface area contributed by atoms with Crippen LogP contribution in [0.3, 0.4) is 0 Å². The van der Waals surface area contributed by atoms with Crippen molar-refractivity contribution in [2.24, 2.45) is 5.92 Å². The standard InChI is InChI=1S/C21H22ClN3O4/c1-13-6-4-5-9-21(13)19(27)25(20(28)24-21)11-17(26)29-12-15-10-14-7-2-3-8-16(14)23-18(15)22/h2-3,7-8,10,13H,4-6,9,11-12H2,1H3,(H,24,28)/t13-,21-/m1/s1. The van der Waals surface area contributed by atoms with E-state index < -0.39 is 24.1 Å². The van der Waals surface area contributed by atoms with Crippen LogP contribution in [-0.2, 0) is 20.9 Å². The number of rotatable bonds is 4. The number of nitrogens with one attached hydrogen (secondary N) is 1. The van der Waals surface area contributed by atoms with Gasteiger partial charge in [-0.05, 0) is 30.9 Å². The first-order chi connectivity index (χ1) is 13.9. The highest BCUT2D eigenvalue weighted by Crippen LogP contribution is 2.38. The van der Waals surface area contributed by atoms with E-state index >= 15 is 0 Å². The first-order valence-electron chi connectivity index (χ1n) is 9.74. The van der Waals surface area contributed by atoms with Crippen molar-refractivity contribution in [3.8, 4) is 0 Å². The molecule has 0 radical (unpaired) electrons. The number of urea groups is 1. The van der Waals surface area contributed by atoms with E-state index in [2.05, 4.69) is 10.3 Å². The molecule has 8 heteroatoms. The molecule has 1 saturated heterocycles. The molecule has 1 N–H and O–H groups in total. The summed E-state index contributed by atoms with van der Waals surface area (Å²) in [6.45, 7) is 1.46. The average Bonchev–Trinajstić information content (AvgIpc) is 2.93. The van der Waals surface area contributed by atoms with Gasteiger partial charge < -0.3 is 10.1 Å². The minimum atomic E-state index is -0.888. The maximum atomic E-state index is 12.9. The number of ether oxygens (including phenoxy) is 1. The van der Waals surface area contributed by atoms with Crippen molar-refractivity contribution in [2.75, 3.05) is 6.54 Å². The molecule has 7 nitrogen and oxygen atoms in total. The fourth-order valence-corrected chi connectivity index (χ4v) is 4.41. The lowest BCUT2D eigenvalue weighted by Gasteiger charge is -2.36. The highest BCUT2D eigenvalue weighted by molar-refractivity contribution is 6.30. The number of para-hydroxylation sites is 1. The SMILES string of the molecule is C[C@@H]1CCCC[C@@]12NC(=O)N(CC(=O)OCc1cc3ccccc3nc1Cl)C2=O. The van der Waals surface area contributed by atoms with Gasteiger partial charge in [0.2, 0.25) is 0 Å². The van der Waals surface area contributed by atoms with Crippen LogP contribution in [0, 0.1) is 5.92 Å². The highest BCUT2D eigenvalue weighted by atomic mass is 35.5. The number of hydrogen-bond donors (Lipinski definition) is 1. The second kappa shape index (κ2) is 7.63. The molecule has 1 aromatic carbocycles. The van der Waals surface area contributed by atoms with Gasteiger partial charge in [0, 0.05) is 10.9 Å². The minimum absolute atomic E-state index is 0.0381. The van der Waals surface area contributed by atoms with Crippen LogP contribution in [0.25, 0.3) is 10.9 Å². The maximum Gasteiger partial charge on any atom is 0.326 e. The summed E-state index contributed by atoms with van der Waals surface area (Å²) in [5.74, 6) is -0.966. The van der Waals surface area contributed by atoms with E-state index in [1.807, 2.05) is 37.3 Å².